The van der Waals surface area contributed by atoms with Gasteiger partial charge in [0, 0.05) is 18.8 Å². The van der Waals surface area contributed by atoms with E-state index >= 15 is 0 Å². The van der Waals surface area contributed by atoms with Crippen molar-refractivity contribution < 1.29 is 9.32 Å². The molecule has 1 fully saturated rings. The first-order valence-corrected chi connectivity index (χ1v) is 7.94. The van der Waals surface area contributed by atoms with Crippen LogP contribution in [0.25, 0.3) is 0 Å². The molecule has 3 heterocycles. The molecule has 1 aliphatic heterocycles. The number of hydrogen-bond acceptors (Lipinski definition) is 6. The highest BCUT2D eigenvalue weighted by Crippen LogP contribution is 2.21. The normalized spacial score (nSPS) is 18.0. The molecule has 0 radical (unpaired) electrons. The summed E-state index contributed by atoms with van der Waals surface area (Å²) in [5, 5.41) is 14.4. The standard InChI is InChI=1S/C15H22N6O2/c1-11-9-14(18-23-11)17-15(22)12(2)20-6-3-13(4-7-20)10-21-8-5-16-19-21/h5,8-9,12-13H,3-4,6-7,10H2,1-2H3,(H,17,18,22). The van der Waals surface area contributed by atoms with Crippen LogP contribution in [0.2, 0.25) is 0 Å². The van der Waals surface area contributed by atoms with Crippen LogP contribution in [-0.4, -0.2) is 50.1 Å². The molecule has 0 aromatic carbocycles. The summed E-state index contributed by atoms with van der Waals surface area (Å²) in [7, 11) is 0. The lowest BCUT2D eigenvalue weighted by Crippen LogP contribution is -2.46. The van der Waals surface area contributed by atoms with E-state index in [0.717, 1.165) is 32.5 Å². The maximum Gasteiger partial charge on any atom is 0.242 e. The molecule has 0 aliphatic carbocycles. The van der Waals surface area contributed by atoms with Crippen LogP contribution in [0.4, 0.5) is 5.82 Å². The number of nitrogens with zero attached hydrogens (tertiary/aromatic N) is 5. The van der Waals surface area contributed by atoms with Gasteiger partial charge in [0.05, 0.1) is 12.2 Å². The van der Waals surface area contributed by atoms with Gasteiger partial charge in [-0.25, -0.2) is 0 Å². The summed E-state index contributed by atoms with van der Waals surface area (Å²) in [5.74, 6) is 1.69. The van der Waals surface area contributed by atoms with Crippen molar-refractivity contribution in [3.8, 4) is 0 Å². The van der Waals surface area contributed by atoms with Crippen LogP contribution >= 0.6 is 0 Å². The van der Waals surface area contributed by atoms with Crippen LogP contribution in [-0.2, 0) is 11.3 Å². The predicted octanol–water partition coefficient (Wildman–Crippen LogP) is 1.31. The predicted molar refractivity (Wildman–Crippen MR) is 83.7 cm³/mol. The van der Waals surface area contributed by atoms with E-state index < -0.39 is 0 Å². The Morgan fingerprint density at radius 2 is 2.26 bits per heavy atom. The number of rotatable bonds is 5. The first-order valence-electron chi connectivity index (χ1n) is 7.94. The number of aromatic nitrogens is 4. The molecule has 23 heavy (non-hydrogen) atoms. The molecule has 2 aromatic heterocycles. The smallest absolute Gasteiger partial charge is 0.242 e. The molecule has 124 valence electrons. The van der Waals surface area contributed by atoms with E-state index in [1.54, 1.807) is 19.2 Å². The second kappa shape index (κ2) is 6.91. The van der Waals surface area contributed by atoms with E-state index in [1.807, 2.05) is 17.8 Å². The van der Waals surface area contributed by atoms with Gasteiger partial charge in [0.15, 0.2) is 5.82 Å². The van der Waals surface area contributed by atoms with Gasteiger partial charge >= 0.3 is 0 Å². The van der Waals surface area contributed by atoms with Crippen molar-refractivity contribution in [2.45, 2.75) is 39.3 Å². The van der Waals surface area contributed by atoms with Crippen LogP contribution in [0.3, 0.4) is 0 Å². The summed E-state index contributed by atoms with van der Waals surface area (Å²) in [5.41, 5.74) is 0. The molecule has 1 atom stereocenters. The largest absolute Gasteiger partial charge is 0.360 e. The average molecular weight is 318 g/mol. The summed E-state index contributed by atoms with van der Waals surface area (Å²) in [4.78, 5) is 14.5. The van der Waals surface area contributed by atoms with Gasteiger partial charge in [-0.1, -0.05) is 10.4 Å². The van der Waals surface area contributed by atoms with Crippen LogP contribution in [0, 0.1) is 12.8 Å². The number of carbonyl (C=O) groups is 1. The van der Waals surface area contributed by atoms with Crippen molar-refractivity contribution in [1.29, 1.82) is 0 Å². The van der Waals surface area contributed by atoms with Crippen molar-refractivity contribution in [3.05, 3.63) is 24.2 Å². The summed E-state index contributed by atoms with van der Waals surface area (Å²) < 4.78 is 6.84. The first kappa shape index (κ1) is 15.7. The Kier molecular flexibility index (Phi) is 4.71. The Morgan fingerprint density at radius 1 is 1.48 bits per heavy atom. The van der Waals surface area contributed by atoms with E-state index in [-0.39, 0.29) is 11.9 Å². The van der Waals surface area contributed by atoms with E-state index in [4.69, 9.17) is 4.52 Å². The minimum atomic E-state index is -0.181. The Bertz CT molecular complexity index is 630. The van der Waals surface area contributed by atoms with E-state index in [9.17, 15) is 4.79 Å². The van der Waals surface area contributed by atoms with E-state index in [1.165, 1.54) is 0 Å². The van der Waals surface area contributed by atoms with Crippen molar-refractivity contribution in [2.24, 2.45) is 5.92 Å². The van der Waals surface area contributed by atoms with Gasteiger partial charge in [0.25, 0.3) is 0 Å². The molecule has 8 nitrogen and oxygen atoms in total. The van der Waals surface area contributed by atoms with Crippen molar-refractivity contribution in [2.75, 3.05) is 18.4 Å². The zero-order valence-corrected chi connectivity index (χ0v) is 13.5. The maximum atomic E-state index is 12.3. The molecule has 1 N–H and O–H groups in total. The maximum absolute atomic E-state index is 12.3. The number of amides is 1. The SMILES string of the molecule is Cc1cc(NC(=O)C(C)N2CCC(Cn3ccnn3)CC2)no1. The van der Waals surface area contributed by atoms with Crippen LogP contribution < -0.4 is 5.32 Å². The second-order valence-corrected chi connectivity index (χ2v) is 6.09. The van der Waals surface area contributed by atoms with Crippen molar-refractivity contribution in [1.82, 2.24) is 25.1 Å². The first-order chi connectivity index (χ1) is 11.1. The molecule has 1 unspecified atom stereocenters. The molecular weight excluding hydrogens is 296 g/mol. The number of hydrogen-bond donors (Lipinski definition) is 1. The lowest BCUT2D eigenvalue weighted by atomic mass is 9.96. The van der Waals surface area contributed by atoms with Gasteiger partial charge in [-0.15, -0.1) is 5.10 Å². The molecule has 1 amide bonds. The zero-order chi connectivity index (χ0) is 16.2. The van der Waals surface area contributed by atoms with Gasteiger partial charge in [0.1, 0.15) is 5.76 Å². The van der Waals surface area contributed by atoms with Gasteiger partial charge < -0.3 is 9.84 Å². The third kappa shape index (κ3) is 3.95. The monoisotopic (exact) mass is 318 g/mol. The average Bonchev–Trinajstić information content (AvgIpc) is 3.19. The molecule has 0 bridgehead atoms. The fourth-order valence-corrected chi connectivity index (χ4v) is 2.94. The van der Waals surface area contributed by atoms with Crippen molar-refractivity contribution in [3.63, 3.8) is 0 Å². The minimum absolute atomic E-state index is 0.0481. The van der Waals surface area contributed by atoms with Gasteiger partial charge in [-0.3, -0.25) is 14.4 Å². The number of aryl methyl sites for hydroxylation is 1. The van der Waals surface area contributed by atoms with Crippen LogP contribution in [0.15, 0.2) is 23.0 Å². The Labute approximate surface area is 134 Å². The fourth-order valence-electron chi connectivity index (χ4n) is 2.94. The Balaban J connectivity index is 1.47. The second-order valence-electron chi connectivity index (χ2n) is 6.09. The number of carbonyl (C=O) groups excluding carboxylic acids is 1. The molecule has 1 saturated heterocycles. The number of likely N-dealkylation sites (tertiary alicyclic amines) is 1. The lowest BCUT2D eigenvalue weighted by Gasteiger charge is -2.35. The Morgan fingerprint density at radius 3 is 2.87 bits per heavy atom. The highest BCUT2D eigenvalue weighted by molar-refractivity contribution is 5.93. The molecule has 8 heteroatoms. The van der Waals surface area contributed by atoms with Gasteiger partial charge in [-0.2, -0.15) is 0 Å². The van der Waals surface area contributed by atoms with Crippen molar-refractivity contribution >= 4 is 11.7 Å². The van der Waals surface area contributed by atoms with Gasteiger partial charge in [0.2, 0.25) is 5.91 Å². The fraction of sp³-hybridized carbons (Fsp3) is 0.600. The topological polar surface area (TPSA) is 89.1 Å². The Hall–Kier alpha value is -2.22. The molecule has 0 spiro atoms. The van der Waals surface area contributed by atoms with E-state index in [2.05, 4.69) is 25.7 Å². The number of nitrogens with one attached hydrogen (secondary N) is 1. The van der Waals surface area contributed by atoms with Gasteiger partial charge in [-0.05, 0) is 45.7 Å². The number of piperidine rings is 1. The highest BCUT2D eigenvalue weighted by Gasteiger charge is 2.27. The minimum Gasteiger partial charge on any atom is -0.360 e. The summed E-state index contributed by atoms with van der Waals surface area (Å²) in [6.07, 6.45) is 5.70. The molecular formula is C15H22N6O2. The quantitative estimate of drug-likeness (QED) is 0.894. The molecule has 3 rings (SSSR count). The molecule has 0 saturated carbocycles. The third-order valence-electron chi connectivity index (χ3n) is 4.37. The van der Waals surface area contributed by atoms with E-state index in [0.29, 0.717) is 17.5 Å². The van der Waals surface area contributed by atoms with Crippen LogP contribution in [0.5, 0.6) is 0 Å². The highest BCUT2D eigenvalue weighted by atomic mass is 16.5. The molecule has 2 aromatic rings. The number of anilines is 1. The molecule has 1 aliphatic rings. The third-order valence-corrected chi connectivity index (χ3v) is 4.37. The summed E-state index contributed by atoms with van der Waals surface area (Å²) in [6.45, 7) is 6.44. The van der Waals surface area contributed by atoms with Crippen LogP contribution in [0.1, 0.15) is 25.5 Å². The zero-order valence-electron chi connectivity index (χ0n) is 13.5. The summed E-state index contributed by atoms with van der Waals surface area (Å²) in [6, 6.07) is 1.54. The summed E-state index contributed by atoms with van der Waals surface area (Å²) >= 11 is 0. The lowest BCUT2D eigenvalue weighted by molar-refractivity contribution is -0.121.